The number of hydrogen-bond donors (Lipinski definition) is 1. The monoisotopic (exact) mass is 313 g/mol. The molecular weight excluding hydrogens is 282 g/mol. The smallest absolute Gasteiger partial charge is 0.410 e. The summed E-state index contributed by atoms with van der Waals surface area (Å²) in [4.78, 5) is 13.8. The highest BCUT2D eigenvalue weighted by Crippen LogP contribution is 2.21. The highest BCUT2D eigenvalue weighted by molar-refractivity contribution is 5.68. The number of aliphatic hydroxyl groups is 1. The molecule has 0 aliphatic carbocycles. The third kappa shape index (κ3) is 8.72. The maximum absolute atomic E-state index is 12.0. The lowest BCUT2D eigenvalue weighted by molar-refractivity contribution is 0.00559. The lowest BCUT2D eigenvalue weighted by Crippen LogP contribution is -2.42. The van der Waals surface area contributed by atoms with Crippen molar-refractivity contribution in [1.82, 2.24) is 4.90 Å². The molecule has 0 bridgehead atoms. The van der Waals surface area contributed by atoms with Gasteiger partial charge in [-0.05, 0) is 47.5 Å². The van der Waals surface area contributed by atoms with Crippen LogP contribution in [0, 0.1) is 0 Å². The number of nitrogens with zero attached hydrogens (tertiary/aromatic N) is 1. The van der Waals surface area contributed by atoms with Gasteiger partial charge in [0.25, 0.3) is 0 Å². The van der Waals surface area contributed by atoms with Crippen molar-refractivity contribution in [3.63, 3.8) is 0 Å². The summed E-state index contributed by atoms with van der Waals surface area (Å²) in [5.41, 5.74) is -0.445. The molecular formula is C17H31NO4. The van der Waals surface area contributed by atoms with Crippen molar-refractivity contribution >= 4 is 6.09 Å². The average molecular weight is 313 g/mol. The Kier molecular flexibility index (Phi) is 9.58. The molecule has 1 aliphatic rings. The van der Waals surface area contributed by atoms with E-state index in [1.165, 1.54) is 0 Å². The normalized spacial score (nSPS) is 19.5. The number of rotatable bonds is 4. The third-order valence-electron chi connectivity index (χ3n) is 3.04. The largest absolute Gasteiger partial charge is 0.516 e. The van der Waals surface area contributed by atoms with Gasteiger partial charge in [-0.1, -0.05) is 12.2 Å². The molecule has 2 unspecified atom stereocenters. The second-order valence-electron chi connectivity index (χ2n) is 6.23. The van der Waals surface area contributed by atoms with Crippen molar-refractivity contribution < 1.29 is 19.4 Å². The summed E-state index contributed by atoms with van der Waals surface area (Å²) in [7, 11) is 0. The van der Waals surface area contributed by atoms with Crippen LogP contribution in [0.5, 0.6) is 0 Å². The Morgan fingerprint density at radius 2 is 2.09 bits per heavy atom. The average Bonchev–Trinajstić information content (AvgIpc) is 2.91. The van der Waals surface area contributed by atoms with Crippen LogP contribution in [0.15, 0.2) is 25.0 Å². The first-order valence-corrected chi connectivity index (χ1v) is 7.74. The number of carbonyl (C=O) groups excluding carboxylic acids is 1. The van der Waals surface area contributed by atoms with E-state index in [2.05, 4.69) is 6.58 Å². The van der Waals surface area contributed by atoms with Gasteiger partial charge in [0.05, 0.1) is 25.0 Å². The zero-order valence-electron chi connectivity index (χ0n) is 14.5. The second-order valence-corrected chi connectivity index (χ2v) is 6.23. The van der Waals surface area contributed by atoms with Crippen molar-refractivity contribution in [3.05, 3.63) is 25.0 Å². The minimum absolute atomic E-state index is 0.0195. The third-order valence-corrected chi connectivity index (χ3v) is 3.04. The lowest BCUT2D eigenvalue weighted by atomic mass is 10.2. The molecule has 1 aliphatic heterocycles. The highest BCUT2D eigenvalue weighted by Gasteiger charge is 2.32. The van der Waals surface area contributed by atoms with E-state index in [0.29, 0.717) is 6.61 Å². The first-order chi connectivity index (χ1) is 10.2. The Morgan fingerprint density at radius 3 is 2.55 bits per heavy atom. The standard InChI is InChI=1S/C14H25NO3.C3H6O/c1-6-11(2)17-10-12-8-7-9-15(12)13(16)18-14(3,4)5;1-2-3-4/h6,11-12H,1,7-10H2,2-5H3;2-4H,1H3/b;3-2+. The fourth-order valence-corrected chi connectivity index (χ4v) is 1.90. The van der Waals surface area contributed by atoms with Gasteiger partial charge < -0.3 is 19.5 Å². The van der Waals surface area contributed by atoms with Crippen LogP contribution in [0.3, 0.4) is 0 Å². The molecule has 1 saturated heterocycles. The van der Waals surface area contributed by atoms with Crippen LogP contribution in [0.2, 0.25) is 0 Å². The zero-order chi connectivity index (χ0) is 17.2. The number of allylic oxidation sites excluding steroid dienone is 1. The van der Waals surface area contributed by atoms with Crippen molar-refractivity contribution in [3.8, 4) is 0 Å². The quantitative estimate of drug-likeness (QED) is 0.628. The summed E-state index contributed by atoms with van der Waals surface area (Å²) < 4.78 is 11.0. The van der Waals surface area contributed by atoms with E-state index >= 15 is 0 Å². The second kappa shape index (κ2) is 10.3. The molecule has 22 heavy (non-hydrogen) atoms. The van der Waals surface area contributed by atoms with Gasteiger partial charge in [-0.15, -0.1) is 6.58 Å². The number of carbonyl (C=O) groups is 1. The van der Waals surface area contributed by atoms with E-state index in [1.54, 1.807) is 24.0 Å². The molecule has 128 valence electrons. The molecule has 0 radical (unpaired) electrons. The van der Waals surface area contributed by atoms with E-state index in [-0.39, 0.29) is 18.2 Å². The first kappa shape index (κ1) is 20.5. The van der Waals surface area contributed by atoms with Gasteiger partial charge in [-0.2, -0.15) is 0 Å². The van der Waals surface area contributed by atoms with E-state index < -0.39 is 5.60 Å². The zero-order valence-corrected chi connectivity index (χ0v) is 14.5. The Balaban J connectivity index is 0.000000980. The van der Waals surface area contributed by atoms with Gasteiger partial charge in [-0.3, -0.25) is 0 Å². The molecule has 1 amide bonds. The van der Waals surface area contributed by atoms with Crippen molar-refractivity contribution in [1.29, 1.82) is 0 Å². The van der Waals surface area contributed by atoms with Gasteiger partial charge in [0.1, 0.15) is 5.60 Å². The number of amides is 1. The van der Waals surface area contributed by atoms with Crippen LogP contribution in [-0.4, -0.2) is 47.0 Å². The number of hydrogen-bond acceptors (Lipinski definition) is 4. The van der Waals surface area contributed by atoms with E-state index in [4.69, 9.17) is 14.6 Å². The summed E-state index contributed by atoms with van der Waals surface area (Å²) in [6.45, 7) is 14.3. The summed E-state index contributed by atoms with van der Waals surface area (Å²) >= 11 is 0. The van der Waals surface area contributed by atoms with Crippen LogP contribution in [0.4, 0.5) is 4.79 Å². The molecule has 1 rings (SSSR count). The molecule has 1 N–H and O–H groups in total. The Labute approximate surface area is 134 Å². The summed E-state index contributed by atoms with van der Waals surface area (Å²) in [5.74, 6) is 0. The van der Waals surface area contributed by atoms with Crippen molar-refractivity contribution in [2.45, 2.75) is 65.2 Å². The fourth-order valence-electron chi connectivity index (χ4n) is 1.90. The van der Waals surface area contributed by atoms with Gasteiger partial charge >= 0.3 is 6.09 Å². The Morgan fingerprint density at radius 1 is 1.50 bits per heavy atom. The minimum atomic E-state index is -0.445. The molecule has 0 aromatic rings. The molecule has 0 aromatic carbocycles. The minimum Gasteiger partial charge on any atom is -0.516 e. The number of ether oxygens (including phenoxy) is 2. The van der Waals surface area contributed by atoms with Crippen LogP contribution >= 0.6 is 0 Å². The predicted molar refractivity (Wildman–Crippen MR) is 89.0 cm³/mol. The molecule has 0 saturated carbocycles. The van der Waals surface area contributed by atoms with Gasteiger partial charge in [0, 0.05) is 6.54 Å². The predicted octanol–water partition coefficient (Wildman–Crippen LogP) is 4.06. The molecule has 5 heteroatoms. The maximum atomic E-state index is 12.0. The molecule has 2 atom stereocenters. The molecule has 1 heterocycles. The van der Waals surface area contributed by atoms with Gasteiger partial charge in [-0.25, -0.2) is 4.79 Å². The lowest BCUT2D eigenvalue weighted by Gasteiger charge is -2.28. The van der Waals surface area contributed by atoms with Crippen LogP contribution in [0.25, 0.3) is 0 Å². The SMILES string of the molecule is C/C=C/O.C=CC(C)OCC1CCCN1C(=O)OC(C)(C)C. The summed E-state index contributed by atoms with van der Waals surface area (Å²) in [5, 5.41) is 7.69. The Bertz CT molecular complexity index is 356. The van der Waals surface area contributed by atoms with Crippen molar-refractivity contribution in [2.24, 2.45) is 0 Å². The van der Waals surface area contributed by atoms with Gasteiger partial charge in [0.2, 0.25) is 0 Å². The van der Waals surface area contributed by atoms with E-state index in [1.807, 2.05) is 27.7 Å². The molecule has 1 fully saturated rings. The van der Waals surface area contributed by atoms with E-state index in [9.17, 15) is 4.79 Å². The number of aliphatic hydroxyl groups excluding tert-OH is 1. The van der Waals surface area contributed by atoms with Gasteiger partial charge in [0.15, 0.2) is 0 Å². The maximum Gasteiger partial charge on any atom is 0.410 e. The van der Waals surface area contributed by atoms with Crippen molar-refractivity contribution in [2.75, 3.05) is 13.2 Å². The molecule has 0 aromatic heterocycles. The Hall–Kier alpha value is -1.49. The number of likely N-dealkylation sites (tertiary alicyclic amines) is 1. The summed E-state index contributed by atoms with van der Waals surface area (Å²) in [6.07, 6.45) is 6.08. The van der Waals surface area contributed by atoms with Crippen LogP contribution < -0.4 is 0 Å². The highest BCUT2D eigenvalue weighted by atomic mass is 16.6. The fraction of sp³-hybridized carbons (Fsp3) is 0.706. The van der Waals surface area contributed by atoms with Crippen LogP contribution in [0.1, 0.15) is 47.5 Å². The van der Waals surface area contributed by atoms with Crippen LogP contribution in [-0.2, 0) is 9.47 Å². The molecule has 5 nitrogen and oxygen atoms in total. The topological polar surface area (TPSA) is 59.0 Å². The molecule has 0 spiro atoms. The van der Waals surface area contributed by atoms with E-state index in [0.717, 1.165) is 25.6 Å². The first-order valence-electron chi connectivity index (χ1n) is 7.74. The summed E-state index contributed by atoms with van der Waals surface area (Å²) in [6, 6.07) is 0.127.